The van der Waals surface area contributed by atoms with Gasteiger partial charge in [-0.25, -0.2) is 4.98 Å². The normalized spacial score (nSPS) is 12.8. The highest BCUT2D eigenvalue weighted by molar-refractivity contribution is 9.10. The van der Waals surface area contributed by atoms with E-state index in [1.807, 2.05) is 6.92 Å². The average molecular weight is 445 g/mol. The van der Waals surface area contributed by atoms with Gasteiger partial charge in [0.25, 0.3) is 11.2 Å². The Morgan fingerprint density at radius 2 is 2.07 bits per heavy atom. The minimum absolute atomic E-state index is 0.00397. The Bertz CT molecular complexity index is 1200. The predicted molar refractivity (Wildman–Crippen MR) is 105 cm³/mol. The molecule has 0 saturated heterocycles. The minimum atomic E-state index is -0.539. The van der Waals surface area contributed by atoms with Gasteiger partial charge in [-0.05, 0) is 24.3 Å². The number of aryl methyl sites for hydroxylation is 1. The number of halogens is 1. The largest absolute Gasteiger partial charge is 0.454 e. The summed E-state index contributed by atoms with van der Waals surface area (Å²) in [6.07, 6.45) is 1.72. The molecule has 1 aromatic heterocycles. The molecule has 0 aliphatic carbocycles. The van der Waals surface area contributed by atoms with Crippen LogP contribution in [0.5, 0.6) is 11.5 Å². The van der Waals surface area contributed by atoms with Crippen molar-refractivity contribution in [3.05, 3.63) is 66.7 Å². The van der Waals surface area contributed by atoms with Crippen molar-refractivity contribution < 1.29 is 14.4 Å². The van der Waals surface area contributed by atoms with Crippen molar-refractivity contribution in [2.75, 3.05) is 6.79 Å². The molecule has 2 heterocycles. The van der Waals surface area contributed by atoms with Crippen molar-refractivity contribution in [2.24, 2.45) is 5.10 Å². The fraction of sp³-hybridized carbons (Fsp3) is 0.167. The average Bonchev–Trinajstić information content (AvgIpc) is 3.14. The molecule has 0 radical (unpaired) electrons. The third-order valence-electron chi connectivity index (χ3n) is 4.22. The van der Waals surface area contributed by atoms with Crippen molar-refractivity contribution in [1.29, 1.82) is 0 Å². The SMILES string of the molecule is CCc1nc2ccc(Br)cc2c(=O)n1N=Cc1cc2c(cc1[N+](=O)[O-])OCO2. The Balaban J connectivity index is 1.86. The first-order valence-corrected chi connectivity index (χ1v) is 9.11. The zero-order valence-electron chi connectivity index (χ0n) is 14.6. The van der Waals surface area contributed by atoms with E-state index in [0.29, 0.717) is 34.6 Å². The summed E-state index contributed by atoms with van der Waals surface area (Å²) in [6, 6.07) is 7.96. The fourth-order valence-electron chi connectivity index (χ4n) is 2.87. The summed E-state index contributed by atoms with van der Waals surface area (Å²) in [5, 5.41) is 16.0. The first-order valence-electron chi connectivity index (χ1n) is 8.31. The fourth-order valence-corrected chi connectivity index (χ4v) is 3.23. The van der Waals surface area contributed by atoms with E-state index in [-0.39, 0.29) is 23.6 Å². The van der Waals surface area contributed by atoms with Crippen LogP contribution in [0.4, 0.5) is 5.69 Å². The van der Waals surface area contributed by atoms with Gasteiger partial charge >= 0.3 is 0 Å². The molecule has 1 aliphatic heterocycles. The molecule has 0 N–H and O–H groups in total. The van der Waals surface area contributed by atoms with E-state index in [0.717, 1.165) is 9.15 Å². The van der Waals surface area contributed by atoms with Crippen molar-refractivity contribution in [3.8, 4) is 11.5 Å². The molecule has 0 amide bonds. The summed E-state index contributed by atoms with van der Waals surface area (Å²) in [7, 11) is 0. The van der Waals surface area contributed by atoms with E-state index in [2.05, 4.69) is 26.0 Å². The molecule has 0 unspecified atom stereocenters. The van der Waals surface area contributed by atoms with Crippen LogP contribution in [0.1, 0.15) is 18.3 Å². The summed E-state index contributed by atoms with van der Waals surface area (Å²) in [5.74, 6) is 1.13. The van der Waals surface area contributed by atoms with Gasteiger partial charge in [0.2, 0.25) is 6.79 Å². The number of aromatic nitrogens is 2. The molecule has 1 aliphatic rings. The molecule has 0 bridgehead atoms. The first kappa shape index (κ1) is 18.1. The van der Waals surface area contributed by atoms with Gasteiger partial charge in [0, 0.05) is 10.9 Å². The molecular formula is C18H13BrN4O5. The Morgan fingerprint density at radius 3 is 2.79 bits per heavy atom. The van der Waals surface area contributed by atoms with E-state index in [9.17, 15) is 14.9 Å². The Morgan fingerprint density at radius 1 is 1.32 bits per heavy atom. The summed E-state index contributed by atoms with van der Waals surface area (Å²) >= 11 is 3.34. The third kappa shape index (κ3) is 3.11. The lowest BCUT2D eigenvalue weighted by atomic mass is 10.1. The highest BCUT2D eigenvalue weighted by Gasteiger charge is 2.22. The van der Waals surface area contributed by atoms with Crippen LogP contribution in [0, 0.1) is 10.1 Å². The van der Waals surface area contributed by atoms with Crippen molar-refractivity contribution in [2.45, 2.75) is 13.3 Å². The lowest BCUT2D eigenvalue weighted by Gasteiger charge is -2.08. The number of ether oxygens (including phenoxy) is 2. The van der Waals surface area contributed by atoms with E-state index in [1.54, 1.807) is 18.2 Å². The van der Waals surface area contributed by atoms with Gasteiger partial charge in [-0.15, -0.1) is 0 Å². The number of fused-ring (bicyclic) bond motifs is 2. The zero-order chi connectivity index (χ0) is 19.8. The van der Waals surface area contributed by atoms with Gasteiger partial charge < -0.3 is 9.47 Å². The quantitative estimate of drug-likeness (QED) is 0.347. The van der Waals surface area contributed by atoms with Crippen molar-refractivity contribution in [3.63, 3.8) is 0 Å². The maximum atomic E-state index is 12.9. The number of rotatable bonds is 4. The predicted octanol–water partition coefficient (Wildman–Crippen LogP) is 3.24. The number of nitro benzene ring substituents is 1. The Labute approximate surface area is 166 Å². The van der Waals surface area contributed by atoms with Crippen molar-refractivity contribution in [1.82, 2.24) is 9.66 Å². The zero-order valence-corrected chi connectivity index (χ0v) is 16.2. The van der Waals surface area contributed by atoms with Gasteiger partial charge in [-0.1, -0.05) is 22.9 Å². The molecule has 2 aromatic carbocycles. The summed E-state index contributed by atoms with van der Waals surface area (Å²) in [5.41, 5.74) is 0.196. The molecule has 0 fully saturated rings. The van der Waals surface area contributed by atoms with Gasteiger partial charge in [-0.2, -0.15) is 9.78 Å². The third-order valence-corrected chi connectivity index (χ3v) is 4.72. The highest BCUT2D eigenvalue weighted by Crippen LogP contribution is 2.37. The number of benzene rings is 2. The second kappa shape index (κ2) is 7.04. The lowest BCUT2D eigenvalue weighted by molar-refractivity contribution is -0.385. The van der Waals surface area contributed by atoms with Crippen LogP contribution >= 0.6 is 15.9 Å². The van der Waals surface area contributed by atoms with Crippen LogP contribution in [0.2, 0.25) is 0 Å². The number of hydrogen-bond donors (Lipinski definition) is 0. The smallest absolute Gasteiger partial charge is 0.282 e. The second-order valence-electron chi connectivity index (χ2n) is 5.93. The standard InChI is InChI=1S/C18H13BrN4O5/c1-2-17-21-13-4-3-11(19)6-12(13)18(24)22(17)20-8-10-5-15-16(28-9-27-15)7-14(10)23(25)26/h3-8H,2,9H2,1H3. The van der Waals surface area contributed by atoms with Gasteiger partial charge in [0.05, 0.1) is 33.7 Å². The molecule has 0 saturated carbocycles. The molecular weight excluding hydrogens is 432 g/mol. The molecule has 9 nitrogen and oxygen atoms in total. The second-order valence-corrected chi connectivity index (χ2v) is 6.84. The minimum Gasteiger partial charge on any atom is -0.454 e. The molecule has 28 heavy (non-hydrogen) atoms. The van der Waals surface area contributed by atoms with Gasteiger partial charge in [-0.3, -0.25) is 14.9 Å². The van der Waals surface area contributed by atoms with Crippen LogP contribution in [-0.2, 0) is 6.42 Å². The van der Waals surface area contributed by atoms with Crippen LogP contribution in [0.3, 0.4) is 0 Å². The molecule has 0 atom stereocenters. The van der Waals surface area contributed by atoms with Crippen molar-refractivity contribution >= 4 is 38.7 Å². The summed E-state index contributed by atoms with van der Waals surface area (Å²) < 4.78 is 12.4. The lowest BCUT2D eigenvalue weighted by Crippen LogP contribution is -2.22. The topological polar surface area (TPSA) is 109 Å². The molecule has 10 heteroatoms. The van der Waals surface area contributed by atoms with Crippen LogP contribution in [0.15, 0.2) is 44.7 Å². The molecule has 0 spiro atoms. The maximum Gasteiger partial charge on any atom is 0.282 e. The van der Waals surface area contributed by atoms with Crippen LogP contribution < -0.4 is 15.0 Å². The van der Waals surface area contributed by atoms with E-state index in [4.69, 9.17) is 9.47 Å². The first-order chi connectivity index (χ1) is 13.5. The highest BCUT2D eigenvalue weighted by atomic mass is 79.9. The van der Waals surface area contributed by atoms with E-state index < -0.39 is 4.92 Å². The monoisotopic (exact) mass is 444 g/mol. The van der Waals surface area contributed by atoms with E-state index >= 15 is 0 Å². The number of nitrogens with zero attached hydrogens (tertiary/aromatic N) is 4. The van der Waals surface area contributed by atoms with Crippen LogP contribution in [-0.4, -0.2) is 27.6 Å². The number of hydrogen-bond acceptors (Lipinski definition) is 7. The number of nitro groups is 1. The Hall–Kier alpha value is -3.27. The van der Waals surface area contributed by atoms with E-state index in [1.165, 1.54) is 18.3 Å². The van der Waals surface area contributed by atoms with Gasteiger partial charge in [0.15, 0.2) is 11.5 Å². The Kier molecular flexibility index (Phi) is 4.55. The van der Waals surface area contributed by atoms with Crippen LogP contribution in [0.25, 0.3) is 10.9 Å². The summed E-state index contributed by atoms with van der Waals surface area (Å²) in [6.45, 7) is 1.84. The maximum absolute atomic E-state index is 12.9. The summed E-state index contributed by atoms with van der Waals surface area (Å²) in [4.78, 5) is 28.2. The van der Waals surface area contributed by atoms with Gasteiger partial charge in [0.1, 0.15) is 5.82 Å². The molecule has 3 aromatic rings. The molecule has 4 rings (SSSR count). The molecule has 142 valence electrons.